The van der Waals surface area contributed by atoms with Gasteiger partial charge in [-0.3, -0.25) is 0 Å². The molecule has 0 aliphatic rings. The molecule has 0 aromatic carbocycles. The van der Waals surface area contributed by atoms with Crippen molar-refractivity contribution in [1.29, 1.82) is 0 Å². The molecule has 1 nitrogen and oxygen atoms in total. The maximum atomic E-state index is 8.94. The molecule has 24 heavy (non-hydrogen) atoms. The summed E-state index contributed by atoms with van der Waals surface area (Å²) in [4.78, 5) is 0. The van der Waals surface area contributed by atoms with E-state index in [0.717, 1.165) is 19.3 Å². The number of rotatable bonds is 18. The van der Waals surface area contributed by atoms with Crippen LogP contribution in [0.2, 0.25) is 0 Å². The molecule has 0 heterocycles. The van der Waals surface area contributed by atoms with Crippen LogP contribution in [-0.2, 0) is 0 Å². The molecule has 0 aromatic heterocycles. The first-order valence-corrected chi connectivity index (χ1v) is 10.9. The fraction of sp³-hybridized carbons (Fsp3) is 1.00. The van der Waals surface area contributed by atoms with Crippen LogP contribution in [0.15, 0.2) is 0 Å². The van der Waals surface area contributed by atoms with Gasteiger partial charge < -0.3 is 5.73 Å². The Hall–Kier alpha value is 0.557. The predicted molar refractivity (Wildman–Crippen MR) is 107 cm³/mol. The van der Waals surface area contributed by atoms with E-state index in [-0.39, 0.29) is 24.4 Å². The molecule has 0 unspecified atom stereocenters. The third kappa shape index (κ3) is 17.4. The molecular weight excluding hydrogens is 285 g/mol. The number of unbranched alkanes of at least 4 members (excludes halogenated alkanes) is 12. The van der Waals surface area contributed by atoms with E-state index in [4.69, 9.17) is 5.73 Å². The van der Waals surface area contributed by atoms with Crippen molar-refractivity contribution in [3.8, 4) is 0 Å². The van der Waals surface area contributed by atoms with Gasteiger partial charge in [0.15, 0.2) is 0 Å². The van der Waals surface area contributed by atoms with Gasteiger partial charge in [0.2, 0.25) is 0 Å². The standard InChI is InChI=1S/C22H46N.Li/c1-4-7-10-13-14-15-18-21-22(23,19-16-11-8-5-2)20-17-12-9-6-3;/h23H,4-21H2,1-3H3;/q-1;+1. The van der Waals surface area contributed by atoms with Crippen LogP contribution >= 0.6 is 0 Å². The van der Waals surface area contributed by atoms with E-state index in [1.807, 2.05) is 0 Å². The first-order chi connectivity index (χ1) is 11.2. The van der Waals surface area contributed by atoms with Gasteiger partial charge >= 0.3 is 18.9 Å². The first-order valence-electron chi connectivity index (χ1n) is 10.9. The van der Waals surface area contributed by atoms with E-state index in [9.17, 15) is 0 Å². The maximum Gasteiger partial charge on any atom is 1.00 e. The smallest absolute Gasteiger partial charge is 0.672 e. The zero-order valence-corrected chi connectivity index (χ0v) is 17.7. The third-order valence-corrected chi connectivity index (χ3v) is 5.28. The van der Waals surface area contributed by atoms with Gasteiger partial charge in [0.25, 0.3) is 0 Å². The number of hydrogen-bond acceptors (Lipinski definition) is 0. The zero-order valence-electron chi connectivity index (χ0n) is 17.7. The van der Waals surface area contributed by atoms with E-state index in [1.165, 1.54) is 96.3 Å². The van der Waals surface area contributed by atoms with Crippen LogP contribution in [-0.4, -0.2) is 5.54 Å². The van der Waals surface area contributed by atoms with Crippen LogP contribution in [0.4, 0.5) is 0 Å². The Morgan fingerprint density at radius 2 is 0.708 bits per heavy atom. The second-order valence-electron chi connectivity index (χ2n) is 7.77. The molecule has 0 spiro atoms. The van der Waals surface area contributed by atoms with E-state index in [1.54, 1.807) is 0 Å². The van der Waals surface area contributed by atoms with Crippen LogP contribution in [0.5, 0.6) is 0 Å². The molecule has 0 amide bonds. The topological polar surface area (TPSA) is 23.8 Å². The molecule has 0 saturated carbocycles. The van der Waals surface area contributed by atoms with E-state index in [2.05, 4.69) is 20.8 Å². The summed E-state index contributed by atoms with van der Waals surface area (Å²) in [7, 11) is 0. The number of hydrogen-bond donors (Lipinski definition) is 0. The molecule has 2 heteroatoms. The summed E-state index contributed by atoms with van der Waals surface area (Å²) in [6, 6.07) is 0. The normalized spacial score (nSPS) is 11.5. The summed E-state index contributed by atoms with van der Waals surface area (Å²) >= 11 is 0. The summed E-state index contributed by atoms with van der Waals surface area (Å²) < 4.78 is 0. The monoisotopic (exact) mass is 331 g/mol. The quantitative estimate of drug-likeness (QED) is 0.222. The van der Waals surface area contributed by atoms with Gasteiger partial charge in [0, 0.05) is 0 Å². The Bertz CT molecular complexity index is 218. The van der Waals surface area contributed by atoms with Crippen molar-refractivity contribution >= 4 is 0 Å². The predicted octanol–water partition coefficient (Wildman–Crippen LogP) is 5.86. The van der Waals surface area contributed by atoms with E-state index in [0.29, 0.717) is 0 Å². The van der Waals surface area contributed by atoms with Crippen LogP contribution in [0.25, 0.3) is 5.73 Å². The first kappa shape index (κ1) is 26.8. The fourth-order valence-electron chi connectivity index (χ4n) is 3.58. The summed E-state index contributed by atoms with van der Waals surface area (Å²) in [5.41, 5.74) is 8.83. The van der Waals surface area contributed by atoms with Crippen molar-refractivity contribution in [2.45, 2.75) is 142 Å². The van der Waals surface area contributed by atoms with Gasteiger partial charge in [-0.1, -0.05) is 136 Å². The van der Waals surface area contributed by atoms with Crippen LogP contribution in [0.1, 0.15) is 136 Å². The van der Waals surface area contributed by atoms with Gasteiger partial charge in [0.05, 0.1) is 0 Å². The molecule has 1 N–H and O–H groups in total. The summed E-state index contributed by atoms with van der Waals surface area (Å²) in [6.07, 6.45) is 23.6. The maximum absolute atomic E-state index is 8.94. The van der Waals surface area contributed by atoms with Gasteiger partial charge in [-0.25, -0.2) is 0 Å². The van der Waals surface area contributed by atoms with Gasteiger partial charge in [-0.05, 0) is 0 Å². The van der Waals surface area contributed by atoms with Crippen molar-refractivity contribution in [2.75, 3.05) is 0 Å². The van der Waals surface area contributed by atoms with E-state index >= 15 is 0 Å². The minimum atomic E-state index is -0.106. The Kier molecular flexibility index (Phi) is 22.2. The summed E-state index contributed by atoms with van der Waals surface area (Å²) in [5, 5.41) is 0. The van der Waals surface area contributed by atoms with Crippen molar-refractivity contribution in [2.24, 2.45) is 0 Å². The molecule has 0 saturated heterocycles. The second-order valence-corrected chi connectivity index (χ2v) is 7.77. The molecular formula is C22H46LiN. The Balaban J connectivity index is 0. The summed E-state index contributed by atoms with van der Waals surface area (Å²) in [6.45, 7) is 6.83. The van der Waals surface area contributed by atoms with E-state index < -0.39 is 0 Å². The molecule has 0 aliphatic carbocycles. The largest absolute Gasteiger partial charge is 1.00 e. The van der Waals surface area contributed by atoms with Gasteiger partial charge in [-0.15, -0.1) is 5.54 Å². The average molecular weight is 332 g/mol. The molecule has 140 valence electrons. The minimum absolute atomic E-state index is 0. The van der Waals surface area contributed by atoms with Crippen molar-refractivity contribution in [3.63, 3.8) is 0 Å². The fourth-order valence-corrected chi connectivity index (χ4v) is 3.58. The Morgan fingerprint density at radius 3 is 1.04 bits per heavy atom. The summed E-state index contributed by atoms with van der Waals surface area (Å²) in [5.74, 6) is 0. The third-order valence-electron chi connectivity index (χ3n) is 5.28. The average Bonchev–Trinajstić information content (AvgIpc) is 2.55. The molecule has 0 aromatic rings. The Labute approximate surface area is 166 Å². The SMILES string of the molecule is CCCCCCCCCC([NH-])(CCCCCC)CCCCCC.[Li+]. The van der Waals surface area contributed by atoms with Gasteiger partial charge in [0.1, 0.15) is 0 Å². The van der Waals surface area contributed by atoms with Gasteiger partial charge in [-0.2, -0.15) is 0 Å². The zero-order chi connectivity index (χ0) is 17.2. The molecule has 0 atom stereocenters. The van der Waals surface area contributed by atoms with Crippen molar-refractivity contribution < 1.29 is 18.9 Å². The molecule has 0 aliphatic heterocycles. The molecule has 0 fully saturated rings. The minimum Gasteiger partial charge on any atom is -0.672 e. The van der Waals surface area contributed by atoms with Crippen molar-refractivity contribution in [1.82, 2.24) is 0 Å². The number of nitrogens with one attached hydrogen (secondary N) is 1. The van der Waals surface area contributed by atoms with Crippen LogP contribution in [0.3, 0.4) is 0 Å². The Morgan fingerprint density at radius 1 is 0.458 bits per heavy atom. The molecule has 0 bridgehead atoms. The van der Waals surface area contributed by atoms with Crippen LogP contribution in [0, 0.1) is 0 Å². The van der Waals surface area contributed by atoms with Crippen LogP contribution < -0.4 is 18.9 Å². The molecule has 0 radical (unpaired) electrons. The van der Waals surface area contributed by atoms with Crippen molar-refractivity contribution in [3.05, 3.63) is 5.73 Å². The molecule has 0 rings (SSSR count). The second kappa shape index (κ2) is 19.9.